The summed E-state index contributed by atoms with van der Waals surface area (Å²) in [5.74, 6) is -0.383. The van der Waals surface area contributed by atoms with E-state index in [-0.39, 0.29) is 5.97 Å². The summed E-state index contributed by atoms with van der Waals surface area (Å²) in [6.07, 6.45) is 0. The van der Waals surface area contributed by atoms with Crippen LogP contribution in [0.25, 0.3) is 0 Å². The molecule has 0 aliphatic heterocycles. The first kappa shape index (κ1) is 13.9. The van der Waals surface area contributed by atoms with Gasteiger partial charge in [-0.25, -0.2) is 4.79 Å². The number of ether oxygens (including phenoxy) is 1. The Morgan fingerprint density at radius 2 is 1.60 bits per heavy atom. The lowest BCUT2D eigenvalue weighted by Crippen LogP contribution is -2.04. The van der Waals surface area contributed by atoms with E-state index in [1.807, 2.05) is 37.3 Å². The Hall–Kier alpha value is -2.49. The maximum absolute atomic E-state index is 11.8. The number of hydrogen-bond acceptors (Lipinski definition) is 4. The van der Waals surface area contributed by atoms with Crippen molar-refractivity contribution in [3.8, 4) is 0 Å². The number of hydrogen-bond donors (Lipinski definition) is 0. The van der Waals surface area contributed by atoms with Crippen molar-refractivity contribution in [1.82, 2.24) is 0 Å². The average molecular weight is 268 g/mol. The van der Waals surface area contributed by atoms with Gasteiger partial charge < -0.3 is 4.74 Å². The highest BCUT2D eigenvalue weighted by atomic mass is 16.5. The quantitative estimate of drug-likeness (QED) is 0.601. The van der Waals surface area contributed by atoms with Gasteiger partial charge in [-0.1, -0.05) is 30.3 Å². The van der Waals surface area contributed by atoms with Gasteiger partial charge >= 0.3 is 5.97 Å². The predicted molar refractivity (Wildman–Crippen MR) is 77.8 cm³/mol. The van der Waals surface area contributed by atoms with Gasteiger partial charge in [0.25, 0.3) is 0 Å². The summed E-state index contributed by atoms with van der Waals surface area (Å²) in [5, 5.41) is 8.36. The van der Waals surface area contributed by atoms with Crippen LogP contribution in [0.15, 0.2) is 58.8 Å². The topological polar surface area (TPSA) is 51.0 Å². The summed E-state index contributed by atoms with van der Waals surface area (Å²) in [7, 11) is 0. The molecular formula is C16H16N2O2. The highest BCUT2D eigenvalue weighted by Crippen LogP contribution is 2.24. The minimum absolute atomic E-state index is 0.335. The van der Waals surface area contributed by atoms with Gasteiger partial charge in [0.2, 0.25) is 0 Å². The van der Waals surface area contributed by atoms with E-state index in [2.05, 4.69) is 10.2 Å². The molecule has 0 atom stereocenters. The molecule has 0 aliphatic carbocycles. The summed E-state index contributed by atoms with van der Waals surface area (Å²) in [4.78, 5) is 11.8. The van der Waals surface area contributed by atoms with E-state index < -0.39 is 0 Å². The zero-order valence-electron chi connectivity index (χ0n) is 11.5. The highest BCUT2D eigenvalue weighted by molar-refractivity contribution is 5.94. The average Bonchev–Trinajstić information content (AvgIpc) is 2.47. The molecule has 0 aliphatic rings. The smallest absolute Gasteiger partial charge is 0.340 e. The molecule has 102 valence electrons. The van der Waals surface area contributed by atoms with Crippen LogP contribution in [0, 0.1) is 6.92 Å². The molecule has 2 rings (SSSR count). The maximum Gasteiger partial charge on any atom is 0.340 e. The number of azo groups is 1. The Kier molecular flexibility index (Phi) is 4.60. The van der Waals surface area contributed by atoms with Crippen LogP contribution in [0.1, 0.15) is 22.8 Å². The molecule has 0 bridgehead atoms. The molecule has 0 aromatic heterocycles. The Morgan fingerprint density at radius 3 is 2.30 bits per heavy atom. The second-order valence-corrected chi connectivity index (χ2v) is 4.22. The minimum Gasteiger partial charge on any atom is -0.462 e. The fourth-order valence-corrected chi connectivity index (χ4v) is 1.73. The van der Waals surface area contributed by atoms with Crippen LogP contribution in [-0.4, -0.2) is 12.6 Å². The van der Waals surface area contributed by atoms with Gasteiger partial charge in [-0.2, -0.15) is 5.11 Å². The molecule has 4 nitrogen and oxygen atoms in total. The first-order valence-electron chi connectivity index (χ1n) is 6.46. The van der Waals surface area contributed by atoms with Crippen molar-refractivity contribution in [3.05, 3.63) is 59.7 Å². The zero-order chi connectivity index (χ0) is 14.4. The maximum atomic E-state index is 11.8. The predicted octanol–water partition coefficient (Wildman–Crippen LogP) is 4.59. The normalized spacial score (nSPS) is 10.7. The van der Waals surface area contributed by atoms with Gasteiger partial charge in [0.15, 0.2) is 0 Å². The molecule has 0 fully saturated rings. The highest BCUT2D eigenvalue weighted by Gasteiger charge is 2.11. The monoisotopic (exact) mass is 268 g/mol. The lowest BCUT2D eigenvalue weighted by atomic mass is 10.2. The van der Waals surface area contributed by atoms with Crippen LogP contribution in [0.4, 0.5) is 11.4 Å². The minimum atomic E-state index is -0.383. The summed E-state index contributed by atoms with van der Waals surface area (Å²) in [5.41, 5.74) is 2.75. The summed E-state index contributed by atoms with van der Waals surface area (Å²) in [6, 6.07) is 14.7. The van der Waals surface area contributed by atoms with Gasteiger partial charge in [-0.3, -0.25) is 0 Å². The van der Waals surface area contributed by atoms with Crippen LogP contribution in [0.2, 0.25) is 0 Å². The third-order valence-corrected chi connectivity index (χ3v) is 2.78. The van der Waals surface area contributed by atoms with Crippen molar-refractivity contribution in [2.45, 2.75) is 13.8 Å². The van der Waals surface area contributed by atoms with Crippen molar-refractivity contribution >= 4 is 17.3 Å². The summed E-state index contributed by atoms with van der Waals surface area (Å²) in [6.45, 7) is 4.07. The molecule has 0 saturated carbocycles. The van der Waals surface area contributed by atoms with Crippen molar-refractivity contribution in [3.63, 3.8) is 0 Å². The third-order valence-electron chi connectivity index (χ3n) is 2.78. The van der Waals surface area contributed by atoms with E-state index in [0.29, 0.717) is 17.9 Å². The number of aryl methyl sites for hydroxylation is 1. The largest absolute Gasteiger partial charge is 0.462 e. The number of carbonyl (C=O) groups excluding carboxylic acids is 1. The van der Waals surface area contributed by atoms with Crippen LogP contribution >= 0.6 is 0 Å². The molecule has 0 unspecified atom stereocenters. The van der Waals surface area contributed by atoms with Crippen LogP contribution < -0.4 is 0 Å². The number of carbonyl (C=O) groups is 1. The van der Waals surface area contributed by atoms with E-state index in [1.54, 1.807) is 25.1 Å². The molecule has 2 aromatic rings. The van der Waals surface area contributed by atoms with Gasteiger partial charge in [0.05, 0.1) is 17.9 Å². The Morgan fingerprint density at radius 1 is 1.00 bits per heavy atom. The van der Waals surface area contributed by atoms with E-state index in [0.717, 1.165) is 11.3 Å². The molecule has 20 heavy (non-hydrogen) atoms. The fourth-order valence-electron chi connectivity index (χ4n) is 1.73. The van der Waals surface area contributed by atoms with Gasteiger partial charge in [-0.05, 0) is 37.6 Å². The number of rotatable bonds is 4. The molecule has 0 saturated heterocycles. The van der Waals surface area contributed by atoms with E-state index in [1.165, 1.54) is 0 Å². The van der Waals surface area contributed by atoms with E-state index in [9.17, 15) is 4.79 Å². The first-order valence-corrected chi connectivity index (χ1v) is 6.46. The molecule has 2 aromatic carbocycles. The first-order chi connectivity index (χ1) is 9.72. The van der Waals surface area contributed by atoms with Gasteiger partial charge in [0, 0.05) is 0 Å². The molecule has 0 spiro atoms. The Balaban J connectivity index is 2.30. The van der Waals surface area contributed by atoms with Gasteiger partial charge in [-0.15, -0.1) is 5.11 Å². The third kappa shape index (κ3) is 3.29. The van der Waals surface area contributed by atoms with Crippen LogP contribution in [0.3, 0.4) is 0 Å². The standard InChI is InChI=1S/C16H16N2O2/c1-3-20-16(19)13-9-5-7-11-15(13)18-17-14-10-6-4-8-12(14)2/h4-11H,3H2,1-2H3. The molecule has 0 radical (unpaired) electrons. The summed E-state index contributed by atoms with van der Waals surface area (Å²) < 4.78 is 5.00. The lowest BCUT2D eigenvalue weighted by Gasteiger charge is -2.04. The second-order valence-electron chi connectivity index (χ2n) is 4.22. The Bertz CT molecular complexity index is 636. The molecule has 0 N–H and O–H groups in total. The van der Waals surface area contributed by atoms with Crippen molar-refractivity contribution in [2.75, 3.05) is 6.61 Å². The number of esters is 1. The SMILES string of the molecule is CCOC(=O)c1ccccc1N=Nc1ccccc1C. The molecular weight excluding hydrogens is 252 g/mol. The lowest BCUT2D eigenvalue weighted by molar-refractivity contribution is 0.0527. The zero-order valence-corrected chi connectivity index (χ0v) is 11.5. The van der Waals surface area contributed by atoms with Gasteiger partial charge in [0.1, 0.15) is 5.69 Å². The number of benzene rings is 2. The fraction of sp³-hybridized carbons (Fsp3) is 0.188. The molecule has 0 heterocycles. The molecule has 4 heteroatoms. The van der Waals surface area contributed by atoms with Crippen molar-refractivity contribution < 1.29 is 9.53 Å². The molecule has 0 amide bonds. The van der Waals surface area contributed by atoms with E-state index >= 15 is 0 Å². The number of nitrogens with zero attached hydrogens (tertiary/aromatic N) is 2. The second kappa shape index (κ2) is 6.61. The van der Waals surface area contributed by atoms with E-state index in [4.69, 9.17) is 4.74 Å². The van der Waals surface area contributed by atoms with Crippen molar-refractivity contribution in [2.24, 2.45) is 10.2 Å². The van der Waals surface area contributed by atoms with Crippen LogP contribution in [-0.2, 0) is 4.74 Å². The van der Waals surface area contributed by atoms with Crippen LogP contribution in [0.5, 0.6) is 0 Å². The summed E-state index contributed by atoms with van der Waals surface area (Å²) >= 11 is 0. The van der Waals surface area contributed by atoms with Crippen molar-refractivity contribution in [1.29, 1.82) is 0 Å². The Labute approximate surface area is 118 Å².